The van der Waals surface area contributed by atoms with Crippen molar-refractivity contribution < 1.29 is 4.52 Å². The molecule has 2 aromatic rings. The first-order valence-corrected chi connectivity index (χ1v) is 6.86. The predicted octanol–water partition coefficient (Wildman–Crippen LogP) is 2.82. The van der Waals surface area contributed by atoms with Gasteiger partial charge in [0.1, 0.15) is 0 Å². The second-order valence-electron chi connectivity index (χ2n) is 5.27. The van der Waals surface area contributed by atoms with E-state index in [0.717, 1.165) is 30.9 Å². The van der Waals surface area contributed by atoms with Crippen LogP contribution in [0.5, 0.6) is 0 Å². The normalized spacial score (nSPS) is 19.6. The Labute approximate surface area is 113 Å². The average Bonchev–Trinajstić information content (AvgIpc) is 2.89. The molecule has 0 spiro atoms. The molecule has 1 atom stereocenters. The van der Waals surface area contributed by atoms with Gasteiger partial charge in [0.2, 0.25) is 0 Å². The van der Waals surface area contributed by atoms with E-state index in [9.17, 15) is 0 Å². The number of hydrogen-bond donors (Lipinski definition) is 1. The fourth-order valence-corrected chi connectivity index (χ4v) is 2.73. The molecule has 0 saturated carbocycles. The number of piperidine rings is 1. The predicted molar refractivity (Wildman–Crippen MR) is 74.1 cm³/mol. The molecule has 0 aliphatic carbocycles. The lowest BCUT2D eigenvalue weighted by molar-refractivity contribution is 0.393. The molecule has 1 aromatic heterocycles. The molecule has 1 aromatic carbocycles. The third-order valence-corrected chi connectivity index (χ3v) is 3.80. The molecule has 1 N–H and O–H groups in total. The van der Waals surface area contributed by atoms with Gasteiger partial charge in [-0.2, -0.15) is 4.98 Å². The molecule has 0 radical (unpaired) electrons. The van der Waals surface area contributed by atoms with Gasteiger partial charge >= 0.3 is 0 Å². The molecule has 1 aliphatic heterocycles. The molecule has 0 amide bonds. The zero-order chi connectivity index (χ0) is 13.2. The smallest absolute Gasteiger partial charge is 0.258 e. The zero-order valence-electron chi connectivity index (χ0n) is 11.4. The fourth-order valence-electron chi connectivity index (χ4n) is 2.73. The minimum atomic E-state index is 0.385. The Kier molecular flexibility index (Phi) is 3.34. The van der Waals surface area contributed by atoms with Crippen LogP contribution in [0.4, 0.5) is 0 Å². The van der Waals surface area contributed by atoms with Crippen molar-refractivity contribution in [3.05, 3.63) is 35.2 Å². The Bertz CT molecular complexity index is 550. The van der Waals surface area contributed by atoms with E-state index in [2.05, 4.69) is 47.5 Å². The maximum Gasteiger partial charge on any atom is 0.258 e. The van der Waals surface area contributed by atoms with Gasteiger partial charge in [0, 0.05) is 18.0 Å². The molecule has 19 heavy (non-hydrogen) atoms. The number of nitrogens with zero attached hydrogens (tertiary/aromatic N) is 2. The standard InChI is InChI=1S/C15H19N3O/c1-10-5-3-6-11(2)13(10)15-17-14(18-19-15)12-7-4-8-16-9-12/h3,5-6,12,16H,4,7-9H2,1-2H3. The van der Waals surface area contributed by atoms with Gasteiger partial charge in [-0.1, -0.05) is 23.4 Å². The Morgan fingerprint density at radius 2 is 2.05 bits per heavy atom. The lowest BCUT2D eigenvalue weighted by Crippen LogP contribution is -2.28. The van der Waals surface area contributed by atoms with Crippen molar-refractivity contribution in [3.63, 3.8) is 0 Å². The maximum absolute atomic E-state index is 5.48. The van der Waals surface area contributed by atoms with Crippen LogP contribution in [0.15, 0.2) is 22.7 Å². The first-order chi connectivity index (χ1) is 9.25. The molecule has 1 aliphatic rings. The summed E-state index contributed by atoms with van der Waals surface area (Å²) in [7, 11) is 0. The third-order valence-electron chi connectivity index (χ3n) is 3.80. The molecule has 4 heteroatoms. The quantitative estimate of drug-likeness (QED) is 0.898. The van der Waals surface area contributed by atoms with Gasteiger partial charge < -0.3 is 9.84 Å². The number of aromatic nitrogens is 2. The lowest BCUT2D eigenvalue weighted by atomic mass is 9.99. The van der Waals surface area contributed by atoms with Gasteiger partial charge in [-0.05, 0) is 44.4 Å². The summed E-state index contributed by atoms with van der Waals surface area (Å²) in [6, 6.07) is 6.21. The SMILES string of the molecule is Cc1cccc(C)c1-c1nc(C2CCCNC2)no1. The van der Waals surface area contributed by atoms with E-state index in [-0.39, 0.29) is 0 Å². The average molecular weight is 257 g/mol. The fraction of sp³-hybridized carbons (Fsp3) is 0.467. The number of rotatable bonds is 2. The summed E-state index contributed by atoms with van der Waals surface area (Å²) in [5, 5.41) is 7.56. The number of nitrogens with one attached hydrogen (secondary N) is 1. The van der Waals surface area contributed by atoms with Crippen LogP contribution in [-0.2, 0) is 0 Å². The lowest BCUT2D eigenvalue weighted by Gasteiger charge is -2.19. The van der Waals surface area contributed by atoms with Gasteiger partial charge in [-0.3, -0.25) is 0 Å². The van der Waals surface area contributed by atoms with Crippen LogP contribution >= 0.6 is 0 Å². The first kappa shape index (κ1) is 12.4. The van der Waals surface area contributed by atoms with E-state index in [1.54, 1.807) is 0 Å². The van der Waals surface area contributed by atoms with Crippen molar-refractivity contribution >= 4 is 0 Å². The molecule has 4 nitrogen and oxygen atoms in total. The minimum absolute atomic E-state index is 0.385. The molecular formula is C15H19N3O. The summed E-state index contributed by atoms with van der Waals surface area (Å²) in [5.41, 5.74) is 3.43. The summed E-state index contributed by atoms with van der Waals surface area (Å²) >= 11 is 0. The van der Waals surface area contributed by atoms with E-state index in [1.165, 1.54) is 17.5 Å². The highest BCUT2D eigenvalue weighted by molar-refractivity contribution is 5.62. The molecule has 3 rings (SSSR count). The van der Waals surface area contributed by atoms with Crippen LogP contribution in [0.25, 0.3) is 11.5 Å². The summed E-state index contributed by atoms with van der Waals surface area (Å²) in [6.45, 7) is 6.20. The Morgan fingerprint density at radius 1 is 1.26 bits per heavy atom. The Hall–Kier alpha value is -1.68. The van der Waals surface area contributed by atoms with Gasteiger partial charge in [0.15, 0.2) is 5.82 Å². The summed E-state index contributed by atoms with van der Waals surface area (Å²) < 4.78 is 5.48. The topological polar surface area (TPSA) is 51.0 Å². The summed E-state index contributed by atoms with van der Waals surface area (Å²) in [5.74, 6) is 1.87. The highest BCUT2D eigenvalue weighted by Crippen LogP contribution is 2.28. The van der Waals surface area contributed by atoms with Crippen LogP contribution in [0.1, 0.15) is 35.7 Å². The van der Waals surface area contributed by atoms with Crippen molar-refractivity contribution in [3.8, 4) is 11.5 Å². The monoisotopic (exact) mass is 257 g/mol. The van der Waals surface area contributed by atoms with Gasteiger partial charge in [0.25, 0.3) is 5.89 Å². The summed E-state index contributed by atoms with van der Waals surface area (Å²) in [6.07, 6.45) is 2.32. The van der Waals surface area contributed by atoms with Crippen molar-refractivity contribution in [1.29, 1.82) is 0 Å². The van der Waals surface area contributed by atoms with E-state index < -0.39 is 0 Å². The third kappa shape index (κ3) is 2.40. The highest BCUT2D eigenvalue weighted by atomic mass is 16.5. The number of hydrogen-bond acceptors (Lipinski definition) is 4. The molecular weight excluding hydrogens is 238 g/mol. The maximum atomic E-state index is 5.48. The van der Waals surface area contributed by atoms with Crippen LogP contribution in [0.2, 0.25) is 0 Å². The molecule has 0 bridgehead atoms. The largest absolute Gasteiger partial charge is 0.334 e. The Balaban J connectivity index is 1.92. The zero-order valence-corrected chi connectivity index (χ0v) is 11.4. The Morgan fingerprint density at radius 3 is 2.74 bits per heavy atom. The van der Waals surface area contributed by atoms with Crippen LogP contribution < -0.4 is 5.32 Å². The second kappa shape index (κ2) is 5.13. The number of benzene rings is 1. The van der Waals surface area contributed by atoms with Crippen molar-refractivity contribution in [2.75, 3.05) is 13.1 Å². The molecule has 100 valence electrons. The van der Waals surface area contributed by atoms with Crippen molar-refractivity contribution in [2.24, 2.45) is 0 Å². The van der Waals surface area contributed by atoms with Crippen LogP contribution in [0.3, 0.4) is 0 Å². The molecule has 2 heterocycles. The van der Waals surface area contributed by atoms with Crippen LogP contribution in [-0.4, -0.2) is 23.2 Å². The summed E-state index contributed by atoms with van der Waals surface area (Å²) in [4.78, 5) is 4.61. The van der Waals surface area contributed by atoms with E-state index in [0.29, 0.717) is 11.8 Å². The molecule has 1 saturated heterocycles. The van der Waals surface area contributed by atoms with Crippen molar-refractivity contribution in [1.82, 2.24) is 15.5 Å². The second-order valence-corrected chi connectivity index (χ2v) is 5.27. The first-order valence-electron chi connectivity index (χ1n) is 6.86. The molecule has 1 unspecified atom stereocenters. The molecule has 1 fully saturated rings. The van der Waals surface area contributed by atoms with E-state index in [4.69, 9.17) is 4.52 Å². The minimum Gasteiger partial charge on any atom is -0.334 e. The van der Waals surface area contributed by atoms with Gasteiger partial charge in [-0.25, -0.2) is 0 Å². The van der Waals surface area contributed by atoms with Gasteiger partial charge in [0.05, 0.1) is 0 Å². The van der Waals surface area contributed by atoms with E-state index in [1.807, 2.05) is 0 Å². The van der Waals surface area contributed by atoms with E-state index >= 15 is 0 Å². The van der Waals surface area contributed by atoms with Gasteiger partial charge in [-0.15, -0.1) is 0 Å². The van der Waals surface area contributed by atoms with Crippen LogP contribution in [0, 0.1) is 13.8 Å². The van der Waals surface area contributed by atoms with Crippen molar-refractivity contribution in [2.45, 2.75) is 32.6 Å². The number of aryl methyl sites for hydroxylation is 2. The highest BCUT2D eigenvalue weighted by Gasteiger charge is 2.22.